The Bertz CT molecular complexity index is 569. The SMILES string of the molecule is C=N/C(=C\C=C/C)c1nc2c(c(=O)[nH]1)CCCN2. The van der Waals surface area contributed by atoms with Gasteiger partial charge in [0.2, 0.25) is 0 Å². The predicted octanol–water partition coefficient (Wildman–Crippen LogP) is 1.75. The van der Waals surface area contributed by atoms with Crippen molar-refractivity contribution in [2.24, 2.45) is 4.99 Å². The maximum absolute atomic E-state index is 11.9. The molecule has 0 unspecified atom stereocenters. The van der Waals surface area contributed by atoms with Crippen LogP contribution < -0.4 is 10.9 Å². The van der Waals surface area contributed by atoms with E-state index in [-0.39, 0.29) is 5.56 Å². The number of aliphatic imine (C=N–C) groups is 1. The molecular formula is C13H16N4O. The third-order valence-electron chi connectivity index (χ3n) is 2.77. The average Bonchev–Trinajstić information content (AvgIpc) is 2.40. The number of allylic oxidation sites excluding steroid dienone is 3. The van der Waals surface area contributed by atoms with Crippen LogP contribution in [0.1, 0.15) is 24.7 Å². The average molecular weight is 244 g/mol. The van der Waals surface area contributed by atoms with Crippen molar-refractivity contribution in [1.29, 1.82) is 0 Å². The Labute approximate surface area is 105 Å². The van der Waals surface area contributed by atoms with Crippen LogP contribution in [0.5, 0.6) is 0 Å². The third kappa shape index (κ3) is 2.40. The summed E-state index contributed by atoms with van der Waals surface area (Å²) in [5.74, 6) is 1.11. The van der Waals surface area contributed by atoms with Gasteiger partial charge in [-0.2, -0.15) is 0 Å². The van der Waals surface area contributed by atoms with E-state index >= 15 is 0 Å². The number of nitrogens with zero attached hydrogens (tertiary/aromatic N) is 2. The molecule has 0 fully saturated rings. The zero-order chi connectivity index (χ0) is 13.0. The van der Waals surface area contributed by atoms with Gasteiger partial charge in [-0.3, -0.25) is 9.79 Å². The first-order valence-electron chi connectivity index (χ1n) is 5.93. The largest absolute Gasteiger partial charge is 0.370 e. The minimum atomic E-state index is -0.0998. The summed E-state index contributed by atoms with van der Waals surface area (Å²) in [6.45, 7) is 6.25. The third-order valence-corrected chi connectivity index (χ3v) is 2.77. The Morgan fingerprint density at radius 1 is 1.56 bits per heavy atom. The second kappa shape index (κ2) is 5.44. The molecule has 0 bridgehead atoms. The Morgan fingerprint density at radius 3 is 3.11 bits per heavy atom. The quantitative estimate of drug-likeness (QED) is 0.628. The van der Waals surface area contributed by atoms with E-state index in [9.17, 15) is 4.79 Å². The van der Waals surface area contributed by atoms with Crippen molar-refractivity contribution in [3.8, 4) is 0 Å². The molecule has 1 aromatic rings. The monoisotopic (exact) mass is 244 g/mol. The van der Waals surface area contributed by atoms with Crippen LogP contribution in [0.3, 0.4) is 0 Å². The van der Waals surface area contributed by atoms with E-state index in [1.807, 2.05) is 19.1 Å². The predicted molar refractivity (Wildman–Crippen MR) is 74.0 cm³/mol. The van der Waals surface area contributed by atoms with E-state index in [2.05, 4.69) is 27.0 Å². The first-order valence-corrected chi connectivity index (χ1v) is 5.93. The number of hydrogen-bond acceptors (Lipinski definition) is 4. The van der Waals surface area contributed by atoms with Gasteiger partial charge in [0.15, 0.2) is 5.82 Å². The Kier molecular flexibility index (Phi) is 3.72. The fourth-order valence-electron chi connectivity index (χ4n) is 1.86. The lowest BCUT2D eigenvalue weighted by Gasteiger charge is -2.16. The van der Waals surface area contributed by atoms with E-state index in [4.69, 9.17) is 0 Å². The lowest BCUT2D eigenvalue weighted by molar-refractivity contribution is 0.795. The van der Waals surface area contributed by atoms with Gasteiger partial charge in [-0.05, 0) is 32.6 Å². The highest BCUT2D eigenvalue weighted by Crippen LogP contribution is 2.18. The molecule has 1 aromatic heterocycles. The number of aromatic amines is 1. The highest BCUT2D eigenvalue weighted by Gasteiger charge is 2.15. The number of anilines is 1. The smallest absolute Gasteiger partial charge is 0.256 e. The summed E-state index contributed by atoms with van der Waals surface area (Å²) in [6.07, 6.45) is 7.19. The van der Waals surface area contributed by atoms with Crippen LogP contribution in [0, 0.1) is 0 Å². The molecule has 2 heterocycles. The van der Waals surface area contributed by atoms with Gasteiger partial charge in [-0.1, -0.05) is 12.2 Å². The number of rotatable bonds is 3. The van der Waals surface area contributed by atoms with Gasteiger partial charge < -0.3 is 10.3 Å². The maximum atomic E-state index is 11.9. The molecule has 0 saturated heterocycles. The van der Waals surface area contributed by atoms with Gasteiger partial charge >= 0.3 is 0 Å². The minimum Gasteiger partial charge on any atom is -0.370 e. The molecule has 0 radical (unpaired) electrons. The van der Waals surface area contributed by atoms with Crippen molar-refractivity contribution < 1.29 is 0 Å². The van der Waals surface area contributed by atoms with Crippen molar-refractivity contribution >= 4 is 18.2 Å². The second-order valence-corrected chi connectivity index (χ2v) is 4.01. The number of nitrogens with one attached hydrogen (secondary N) is 2. The van der Waals surface area contributed by atoms with Gasteiger partial charge in [0.05, 0.1) is 5.56 Å². The minimum absolute atomic E-state index is 0.0998. The molecule has 0 saturated carbocycles. The van der Waals surface area contributed by atoms with Crippen molar-refractivity contribution in [2.75, 3.05) is 11.9 Å². The fraction of sp³-hybridized carbons (Fsp3) is 0.308. The van der Waals surface area contributed by atoms with E-state index in [0.717, 1.165) is 24.9 Å². The van der Waals surface area contributed by atoms with Gasteiger partial charge in [-0.25, -0.2) is 4.98 Å². The highest BCUT2D eigenvalue weighted by atomic mass is 16.1. The summed E-state index contributed by atoms with van der Waals surface area (Å²) in [5, 5.41) is 3.14. The number of H-pyrrole nitrogens is 1. The van der Waals surface area contributed by atoms with Crippen LogP contribution in [0.4, 0.5) is 5.82 Å². The zero-order valence-corrected chi connectivity index (χ0v) is 10.4. The Balaban J connectivity index is 2.49. The van der Waals surface area contributed by atoms with E-state index in [1.165, 1.54) is 0 Å². The molecule has 0 spiro atoms. The summed E-state index contributed by atoms with van der Waals surface area (Å²) in [7, 11) is 0. The number of hydrogen-bond donors (Lipinski definition) is 2. The molecule has 0 atom stereocenters. The van der Waals surface area contributed by atoms with Crippen molar-refractivity contribution in [2.45, 2.75) is 19.8 Å². The topological polar surface area (TPSA) is 70.1 Å². The molecule has 18 heavy (non-hydrogen) atoms. The lowest BCUT2D eigenvalue weighted by Crippen LogP contribution is -2.24. The highest BCUT2D eigenvalue weighted by molar-refractivity contribution is 5.65. The number of aromatic nitrogens is 2. The van der Waals surface area contributed by atoms with Crippen molar-refractivity contribution in [3.63, 3.8) is 0 Å². The summed E-state index contributed by atoms with van der Waals surface area (Å²) in [6, 6.07) is 0. The molecule has 5 nitrogen and oxygen atoms in total. The molecule has 94 valence electrons. The zero-order valence-electron chi connectivity index (χ0n) is 10.4. The van der Waals surface area contributed by atoms with Crippen LogP contribution in [0.2, 0.25) is 0 Å². The van der Waals surface area contributed by atoms with Gasteiger partial charge in [0, 0.05) is 6.54 Å². The molecule has 5 heteroatoms. The summed E-state index contributed by atoms with van der Waals surface area (Å²) >= 11 is 0. The molecule has 2 N–H and O–H groups in total. The normalized spacial score (nSPS) is 15.3. The molecule has 1 aliphatic rings. The Morgan fingerprint density at radius 2 is 2.39 bits per heavy atom. The Hall–Kier alpha value is -2.17. The molecule has 2 rings (SSSR count). The molecule has 0 aromatic carbocycles. The van der Waals surface area contributed by atoms with Crippen LogP contribution >= 0.6 is 0 Å². The van der Waals surface area contributed by atoms with Crippen LogP contribution in [0.15, 0.2) is 28.0 Å². The first-order chi connectivity index (χ1) is 8.76. The van der Waals surface area contributed by atoms with Crippen LogP contribution in [0.25, 0.3) is 5.70 Å². The van der Waals surface area contributed by atoms with Gasteiger partial charge in [-0.15, -0.1) is 0 Å². The molecule has 0 aliphatic carbocycles. The molecule has 0 amide bonds. The fourth-order valence-corrected chi connectivity index (χ4v) is 1.86. The number of fused-ring (bicyclic) bond motifs is 1. The van der Waals surface area contributed by atoms with Gasteiger partial charge in [0.25, 0.3) is 5.56 Å². The van der Waals surface area contributed by atoms with Crippen LogP contribution in [-0.2, 0) is 6.42 Å². The second-order valence-electron chi connectivity index (χ2n) is 4.01. The van der Waals surface area contributed by atoms with Crippen molar-refractivity contribution in [1.82, 2.24) is 9.97 Å². The van der Waals surface area contributed by atoms with Crippen molar-refractivity contribution in [3.05, 3.63) is 40.0 Å². The van der Waals surface area contributed by atoms with Gasteiger partial charge in [0.1, 0.15) is 11.5 Å². The molecular weight excluding hydrogens is 228 g/mol. The lowest BCUT2D eigenvalue weighted by atomic mass is 10.1. The summed E-state index contributed by atoms with van der Waals surface area (Å²) < 4.78 is 0. The van der Waals surface area contributed by atoms with E-state index < -0.39 is 0 Å². The maximum Gasteiger partial charge on any atom is 0.256 e. The summed E-state index contributed by atoms with van der Waals surface area (Å²) in [5.41, 5.74) is 1.18. The standard InChI is InChI=1S/C13H16N4O/c1-3-4-7-10(14-2)12-16-11-9(13(18)17-12)6-5-8-15-11/h3-4,7H,2,5-6,8H2,1H3,(H2,15,16,17,18)/b4-3-,10-7-. The first kappa shape index (κ1) is 12.3. The molecule has 1 aliphatic heterocycles. The summed E-state index contributed by atoms with van der Waals surface area (Å²) in [4.78, 5) is 23.0. The van der Waals surface area contributed by atoms with E-state index in [0.29, 0.717) is 17.3 Å². The van der Waals surface area contributed by atoms with Crippen LogP contribution in [-0.4, -0.2) is 23.2 Å². The van der Waals surface area contributed by atoms with E-state index in [1.54, 1.807) is 6.08 Å².